The summed E-state index contributed by atoms with van der Waals surface area (Å²) in [4.78, 5) is 161. The smallest absolute Gasteiger partial charge is 0.415 e. The van der Waals surface area contributed by atoms with Crippen molar-refractivity contribution in [1.29, 1.82) is 0 Å². The molecule has 72 heteroatoms. The van der Waals surface area contributed by atoms with E-state index in [0.29, 0.717) is 57.8 Å². The maximum absolute atomic E-state index is 13.4. The van der Waals surface area contributed by atoms with Gasteiger partial charge in [0.1, 0.15) is 157 Å². The molecular weight excluding hydrogens is 2220 g/mol. The molecule has 7 heterocycles. The molecule has 0 radical (unpaired) electrons. The summed E-state index contributed by atoms with van der Waals surface area (Å²) in [5, 5.41) is 76.8. The van der Waals surface area contributed by atoms with Crippen molar-refractivity contribution in [2.45, 2.75) is 227 Å². The minimum Gasteiger partial charge on any atom is -0.691 e. The van der Waals surface area contributed by atoms with Crippen LogP contribution >= 0.6 is 84.3 Å². The molecule has 19 rings (SSSR count). The SMILES string of the molecule is CC1(C)C2CC3C(=O)OC(C2OC(=O)C(F)(F)SOO[O-])C31.CC1(C)C2CC3C(OC(=O)C31)C2OC(=O)C(F)(F)SOO[O-].CC12CC(CCC1OC(=O)C(F)(F)SOO[O-])C(=O)O2.O=C1OC2C(COC(=O)C(F)(F)SOO[O-])C3CC1C2C3.O=C1OC2C(COC(=O)C(F)(F)SOO[O-])C3CC2C1C3O.O=C1OC2C3CC(C(CO)C13)C2OC(=O)C(F)(F)SOO[O-].O=C1OC2CC1CCC2OC(=O)C(F)(F)SOO[O-]. The summed E-state index contributed by atoms with van der Waals surface area (Å²) in [6, 6.07) is 0. The maximum Gasteiger partial charge on any atom is 0.415 e. The molecule has 0 spiro atoms. The third-order valence-corrected chi connectivity index (χ3v) is 33.5. The average Bonchev–Trinajstić information content (AvgIpc) is 1.53. The fourth-order valence-corrected chi connectivity index (χ4v) is 25.7. The number of rotatable bonds is 38. The van der Waals surface area contributed by atoms with E-state index < -0.39 is 301 Å². The molecular formula is C76H79F14O51S7-7. The highest BCUT2D eigenvalue weighted by molar-refractivity contribution is 7.97. The van der Waals surface area contributed by atoms with Gasteiger partial charge in [-0.25, -0.2) is 33.6 Å². The summed E-state index contributed by atoms with van der Waals surface area (Å²) in [5.74, 6) is -21.0. The Bertz CT molecular complexity index is 4850. The summed E-state index contributed by atoms with van der Waals surface area (Å²) in [6.45, 7) is 8.04. The number of aliphatic hydroxyl groups excluding tert-OH is 2. The molecule has 14 bridgehead atoms. The molecule has 12 aliphatic carbocycles. The fourth-order valence-electron chi connectivity index (χ4n) is 24.1. The number of fused-ring (bicyclic) bond motifs is 9. The molecule has 19 fully saturated rings. The number of aliphatic hydroxyl groups is 2. The number of hydrogen-bond donors (Lipinski definition) is 2. The van der Waals surface area contributed by atoms with Crippen LogP contribution in [0.25, 0.3) is 0 Å². The van der Waals surface area contributed by atoms with E-state index in [1.54, 1.807) is 0 Å². The van der Waals surface area contributed by atoms with Gasteiger partial charge >= 0.3 is 120 Å². The molecule has 2 N–H and O–H groups in total. The van der Waals surface area contributed by atoms with E-state index in [0.717, 1.165) is 6.42 Å². The van der Waals surface area contributed by atoms with Gasteiger partial charge < -0.3 is 113 Å². The highest BCUT2D eigenvalue weighted by Crippen LogP contribution is 2.68. The Morgan fingerprint density at radius 3 is 1.28 bits per heavy atom. The van der Waals surface area contributed by atoms with Gasteiger partial charge in [-0.3, -0.25) is 68.8 Å². The Balaban J connectivity index is 0.000000144. The largest absolute Gasteiger partial charge is 0.691 e. The van der Waals surface area contributed by atoms with E-state index in [-0.39, 0.29) is 144 Å². The predicted octanol–water partition coefficient (Wildman–Crippen LogP) is 0.244. The average molecular weight is 2300 g/mol. The van der Waals surface area contributed by atoms with Crippen LogP contribution in [0.2, 0.25) is 0 Å². The summed E-state index contributed by atoms with van der Waals surface area (Å²) in [7, 11) is 0. The molecule has 33 unspecified atom stereocenters. The Morgan fingerprint density at radius 2 is 0.770 bits per heavy atom. The zero-order valence-electron chi connectivity index (χ0n) is 75.1. The van der Waals surface area contributed by atoms with Crippen LogP contribution < -0.4 is 36.8 Å². The Hall–Kier alpha value is -6.87. The first kappa shape index (κ1) is 118. The van der Waals surface area contributed by atoms with Crippen LogP contribution in [-0.4, -0.2) is 229 Å². The maximum atomic E-state index is 13.4. The van der Waals surface area contributed by atoms with Crippen molar-refractivity contribution in [3.63, 3.8) is 0 Å². The summed E-state index contributed by atoms with van der Waals surface area (Å²) < 4.78 is 279. The number of ether oxygens (including phenoxy) is 14. The van der Waals surface area contributed by atoms with Gasteiger partial charge in [-0.2, -0.15) is 91.8 Å². The lowest BCUT2D eigenvalue weighted by molar-refractivity contribution is -0.777. The molecule has 33 atom stereocenters. The second-order valence-electron chi connectivity index (χ2n) is 37.9. The molecule has 0 amide bonds. The van der Waals surface area contributed by atoms with Gasteiger partial charge in [0.2, 0.25) is 0 Å². The van der Waals surface area contributed by atoms with Crippen molar-refractivity contribution < 1.29 is 308 Å². The van der Waals surface area contributed by atoms with Crippen molar-refractivity contribution in [3.05, 3.63) is 0 Å². The van der Waals surface area contributed by atoms with Crippen LogP contribution in [0.5, 0.6) is 0 Å². The first-order valence-corrected chi connectivity index (χ1v) is 48.8. The summed E-state index contributed by atoms with van der Waals surface area (Å²) in [5.41, 5.74) is -1.92. The van der Waals surface area contributed by atoms with Crippen molar-refractivity contribution in [2.75, 3.05) is 19.8 Å². The molecule has 0 aromatic carbocycles. The molecule has 836 valence electrons. The first-order valence-electron chi connectivity index (χ1n) is 43.6. The number of hydrogen-bond acceptors (Lipinski definition) is 58. The van der Waals surface area contributed by atoms with Gasteiger partial charge in [0.05, 0.1) is 60.7 Å². The van der Waals surface area contributed by atoms with Crippen molar-refractivity contribution in [3.8, 4) is 0 Å². The molecule has 7 aliphatic heterocycles. The van der Waals surface area contributed by atoms with Crippen LogP contribution in [-0.2, 0) is 199 Å². The Morgan fingerprint density at radius 1 is 0.365 bits per heavy atom. The topological polar surface area (TPSA) is 699 Å². The lowest BCUT2D eigenvalue weighted by atomic mass is 9.68. The summed E-state index contributed by atoms with van der Waals surface area (Å²) in [6.07, 6.45) is -3.88. The lowest BCUT2D eigenvalue weighted by Crippen LogP contribution is -2.46. The molecule has 0 aromatic heterocycles. The number of alkyl halides is 14. The monoisotopic (exact) mass is 2300 g/mol. The normalized spacial score (nSPS) is 36.6. The van der Waals surface area contributed by atoms with Crippen LogP contribution in [0.4, 0.5) is 61.5 Å². The van der Waals surface area contributed by atoms with Crippen LogP contribution in [0.3, 0.4) is 0 Å². The van der Waals surface area contributed by atoms with Gasteiger partial charge in [-0.15, -0.1) is 0 Å². The van der Waals surface area contributed by atoms with Gasteiger partial charge in [0.25, 0.3) is 0 Å². The zero-order chi connectivity index (χ0) is 109. The molecule has 51 nitrogen and oxygen atoms in total. The van der Waals surface area contributed by atoms with Crippen LogP contribution in [0.1, 0.15) is 112 Å². The van der Waals surface area contributed by atoms with Crippen LogP contribution in [0.15, 0.2) is 0 Å². The number of esters is 14. The molecule has 7 saturated heterocycles. The quantitative estimate of drug-likeness (QED) is 0.0209. The number of carbonyl (C=O) groups excluding carboxylic acids is 14. The van der Waals surface area contributed by atoms with E-state index in [4.69, 9.17) is 52.1 Å². The van der Waals surface area contributed by atoms with E-state index in [1.807, 2.05) is 27.7 Å². The fraction of sp³-hybridized carbons (Fsp3) is 0.816. The van der Waals surface area contributed by atoms with Gasteiger partial charge in [-0.05, 0) is 93.8 Å². The Labute approximate surface area is 847 Å². The zero-order valence-corrected chi connectivity index (χ0v) is 80.8. The van der Waals surface area contributed by atoms with E-state index >= 15 is 0 Å². The highest BCUT2D eigenvalue weighted by atomic mass is 32.2. The molecule has 12 saturated carbocycles. The minimum absolute atomic E-state index is 0.0912. The number of halogens is 14. The second-order valence-corrected chi connectivity index (χ2v) is 43.7. The van der Waals surface area contributed by atoms with Gasteiger partial charge in [0, 0.05) is 84.5 Å². The van der Waals surface area contributed by atoms with Gasteiger partial charge in [0.15, 0.2) is 0 Å². The van der Waals surface area contributed by atoms with Crippen molar-refractivity contribution >= 4 is 168 Å². The van der Waals surface area contributed by atoms with Crippen LogP contribution in [0, 0.1) is 129 Å². The van der Waals surface area contributed by atoms with Crippen molar-refractivity contribution in [1.82, 2.24) is 0 Å². The van der Waals surface area contributed by atoms with E-state index in [1.165, 1.54) is 6.92 Å². The third-order valence-electron chi connectivity index (χ3n) is 30.0. The van der Waals surface area contributed by atoms with Crippen molar-refractivity contribution in [2.24, 2.45) is 129 Å². The number of carbonyl (C=O) groups is 14. The Kier molecular flexibility index (Phi) is 37.3. The lowest BCUT2D eigenvalue weighted by Gasteiger charge is -2.37. The second kappa shape index (κ2) is 46.7. The predicted molar refractivity (Wildman–Crippen MR) is 414 cm³/mol. The molecule has 148 heavy (non-hydrogen) atoms. The first-order chi connectivity index (χ1) is 69.3. The van der Waals surface area contributed by atoms with E-state index in [9.17, 15) is 176 Å². The minimum atomic E-state index is -4.15. The van der Waals surface area contributed by atoms with E-state index in [2.05, 4.69) is 79.8 Å². The van der Waals surface area contributed by atoms with Gasteiger partial charge in [-0.1, -0.05) is 27.7 Å². The standard InChI is InChI=1S/2C12H14F2O7S.2C11H12F2O8S.C11H12F2O7S.C10H12F2O7S.C9H10F2O7S/c1-11(2)5-3-4-6(11)8(18-9(4)15)7(5)19-10(16)12(13,14)22-21-20-17;1-11(2)5-3-4-6(11)9(15)18-7(4)8(5)19-10(16)12(13,14)22-21-20-17;12-11(13,22-21-20-17)10(16)18-2-5-3-1-4-6(7(3)14)9(15)19-8(4)5;12-11(13,22-21-20-17)10(16)19-7-3-1-4-6(5(3)2-14)9(15)18-8(4)7;12-11(13,21-20-19-16)10(15)17-3-7-4-1-5-6(2-4)9(14)18-8(5)7;1-9-4-5(7(13)17-9)2-3-6(9)16-8(14)10(11,12)20-19-18-15;10-9(11,19-18-17-14)8(13)16-5-2-1-4-3-6(5)15-7(4)12/h2*4-8,17H,3H2,1-2H3;2*3-8,14,17H,1-2H2;4-8,16H,1-3H2;5-6,15H,2-4H2,1H3;4-6,14H,1-3H2/p-7. The molecule has 19 aliphatic rings. The summed E-state index contributed by atoms with van der Waals surface area (Å²) >= 11 is -5.28. The highest BCUT2D eigenvalue weighted by Gasteiger charge is 2.76. The third kappa shape index (κ3) is 24.1. The molecule has 0 aromatic rings.